The molecule has 0 aliphatic heterocycles. The third kappa shape index (κ3) is 5.67. The first-order chi connectivity index (χ1) is 14.3. The zero-order valence-corrected chi connectivity index (χ0v) is 17.2. The molecule has 0 fully saturated rings. The number of esters is 1. The Morgan fingerprint density at radius 2 is 1.70 bits per heavy atom. The second-order valence-corrected chi connectivity index (χ2v) is 7.74. The monoisotopic (exact) mass is 404 g/mol. The number of hydrogen-bond donors (Lipinski definition) is 1. The van der Waals surface area contributed by atoms with Crippen molar-refractivity contribution in [2.24, 2.45) is 0 Å². The van der Waals surface area contributed by atoms with E-state index in [1.54, 1.807) is 48.8 Å². The summed E-state index contributed by atoms with van der Waals surface area (Å²) in [5, 5.41) is 2.73. The van der Waals surface area contributed by atoms with E-state index in [-0.39, 0.29) is 11.0 Å². The van der Waals surface area contributed by atoms with Crippen LogP contribution in [0.2, 0.25) is 0 Å². The second kappa shape index (κ2) is 9.22. The van der Waals surface area contributed by atoms with Gasteiger partial charge < -0.3 is 14.8 Å². The van der Waals surface area contributed by atoms with E-state index in [1.807, 2.05) is 24.3 Å². The molecular weight excluding hydrogens is 380 g/mol. The van der Waals surface area contributed by atoms with Crippen LogP contribution in [0.3, 0.4) is 0 Å². The van der Waals surface area contributed by atoms with Crippen molar-refractivity contribution in [2.45, 2.75) is 26.2 Å². The zero-order valence-electron chi connectivity index (χ0n) is 17.2. The van der Waals surface area contributed by atoms with Crippen LogP contribution in [-0.2, 0) is 14.9 Å². The van der Waals surface area contributed by atoms with Crippen LogP contribution in [0.5, 0.6) is 11.5 Å². The van der Waals surface area contributed by atoms with Gasteiger partial charge >= 0.3 is 5.97 Å². The number of aromatic nitrogens is 1. The highest BCUT2D eigenvalue weighted by Crippen LogP contribution is 2.25. The number of carbonyl (C=O) groups is 2. The molecule has 6 heteroatoms. The first-order valence-corrected chi connectivity index (χ1v) is 9.57. The van der Waals surface area contributed by atoms with Gasteiger partial charge in [-0.2, -0.15) is 0 Å². The van der Waals surface area contributed by atoms with Crippen molar-refractivity contribution in [1.29, 1.82) is 0 Å². The third-order valence-electron chi connectivity index (χ3n) is 4.34. The number of rotatable bonds is 6. The summed E-state index contributed by atoms with van der Waals surface area (Å²) >= 11 is 0. The molecule has 1 amide bonds. The number of hydrogen-bond acceptors (Lipinski definition) is 5. The molecule has 0 aliphatic rings. The minimum absolute atomic E-state index is 0.0311. The molecule has 0 saturated heterocycles. The Morgan fingerprint density at radius 3 is 2.37 bits per heavy atom. The molecule has 30 heavy (non-hydrogen) atoms. The molecule has 3 aromatic rings. The van der Waals surface area contributed by atoms with Gasteiger partial charge in [-0.05, 0) is 47.4 Å². The standard InChI is InChI=1S/C24H24N2O4/c1-24(2,3)17-10-12-18(13-11-17)26-22(27)16-29-23(28)20-8-4-5-9-21(20)30-19-7-6-14-25-15-19/h4-15H,16H2,1-3H3,(H,26,27). The molecule has 0 saturated carbocycles. The number of carbonyl (C=O) groups excluding carboxylic acids is 2. The lowest BCUT2D eigenvalue weighted by molar-refractivity contribution is -0.119. The SMILES string of the molecule is CC(C)(C)c1ccc(NC(=O)COC(=O)c2ccccc2Oc2cccnc2)cc1. The topological polar surface area (TPSA) is 77.5 Å². The van der Waals surface area contributed by atoms with Crippen molar-refractivity contribution in [2.75, 3.05) is 11.9 Å². The van der Waals surface area contributed by atoms with Crippen LogP contribution in [0, 0.1) is 0 Å². The van der Waals surface area contributed by atoms with E-state index < -0.39 is 18.5 Å². The molecule has 0 unspecified atom stereocenters. The molecular formula is C24H24N2O4. The molecule has 3 rings (SSSR count). The molecule has 0 bridgehead atoms. The number of ether oxygens (including phenoxy) is 2. The Balaban J connectivity index is 1.58. The van der Waals surface area contributed by atoms with Crippen molar-refractivity contribution in [3.05, 3.63) is 84.2 Å². The summed E-state index contributed by atoms with van der Waals surface area (Å²) in [6.45, 7) is 5.96. The molecule has 2 aromatic carbocycles. The predicted octanol–water partition coefficient (Wildman–Crippen LogP) is 4.97. The third-order valence-corrected chi connectivity index (χ3v) is 4.34. The summed E-state index contributed by atoms with van der Waals surface area (Å²) in [6.07, 6.45) is 3.17. The van der Waals surface area contributed by atoms with Crippen molar-refractivity contribution in [3.8, 4) is 11.5 Å². The minimum atomic E-state index is -0.646. The van der Waals surface area contributed by atoms with Crippen molar-refractivity contribution < 1.29 is 19.1 Å². The molecule has 1 N–H and O–H groups in total. The molecule has 154 valence electrons. The Morgan fingerprint density at radius 1 is 0.967 bits per heavy atom. The van der Waals surface area contributed by atoms with E-state index in [2.05, 4.69) is 31.1 Å². The molecule has 0 aliphatic carbocycles. The molecule has 1 aromatic heterocycles. The lowest BCUT2D eigenvalue weighted by atomic mass is 9.87. The number of nitrogens with one attached hydrogen (secondary N) is 1. The van der Waals surface area contributed by atoms with Crippen molar-refractivity contribution in [3.63, 3.8) is 0 Å². The first-order valence-electron chi connectivity index (χ1n) is 9.57. The number of para-hydroxylation sites is 1. The molecule has 0 spiro atoms. The van der Waals surface area contributed by atoms with Gasteiger partial charge in [-0.3, -0.25) is 9.78 Å². The fraction of sp³-hybridized carbons (Fsp3) is 0.208. The quantitative estimate of drug-likeness (QED) is 0.587. The van der Waals surface area contributed by atoms with Gasteiger partial charge in [0.05, 0.1) is 6.20 Å². The highest BCUT2D eigenvalue weighted by Gasteiger charge is 2.17. The molecule has 6 nitrogen and oxygen atoms in total. The average Bonchev–Trinajstić information content (AvgIpc) is 2.73. The largest absolute Gasteiger partial charge is 0.455 e. The molecule has 0 atom stereocenters. The molecule has 0 radical (unpaired) electrons. The lowest BCUT2D eigenvalue weighted by Crippen LogP contribution is -2.21. The van der Waals surface area contributed by atoms with Crippen LogP contribution >= 0.6 is 0 Å². The lowest BCUT2D eigenvalue weighted by Gasteiger charge is -2.19. The van der Waals surface area contributed by atoms with Gasteiger partial charge in [0.2, 0.25) is 0 Å². The Kier molecular flexibility index (Phi) is 6.47. The number of anilines is 1. The fourth-order valence-electron chi connectivity index (χ4n) is 2.72. The highest BCUT2D eigenvalue weighted by atomic mass is 16.5. The van der Waals surface area contributed by atoms with Gasteiger partial charge in [-0.1, -0.05) is 45.0 Å². The van der Waals surface area contributed by atoms with E-state index in [1.165, 1.54) is 0 Å². The van der Waals surface area contributed by atoms with E-state index in [0.29, 0.717) is 17.2 Å². The first kappa shape index (κ1) is 21.0. The Labute approximate surface area is 175 Å². The summed E-state index contributed by atoms with van der Waals surface area (Å²) in [6, 6.07) is 17.7. The number of benzene rings is 2. The van der Waals surface area contributed by atoms with Crippen LogP contribution in [-0.4, -0.2) is 23.5 Å². The van der Waals surface area contributed by atoms with E-state index in [4.69, 9.17) is 9.47 Å². The van der Waals surface area contributed by atoms with Gasteiger partial charge in [0, 0.05) is 11.9 Å². The predicted molar refractivity (Wildman–Crippen MR) is 115 cm³/mol. The van der Waals surface area contributed by atoms with Crippen LogP contribution < -0.4 is 10.1 Å². The van der Waals surface area contributed by atoms with Gasteiger partial charge in [0.25, 0.3) is 5.91 Å². The van der Waals surface area contributed by atoms with Crippen LogP contribution in [0.4, 0.5) is 5.69 Å². The maximum absolute atomic E-state index is 12.5. The maximum atomic E-state index is 12.5. The smallest absolute Gasteiger partial charge is 0.342 e. The summed E-state index contributed by atoms with van der Waals surface area (Å²) in [5.74, 6) is -0.242. The second-order valence-electron chi connectivity index (χ2n) is 7.74. The summed E-state index contributed by atoms with van der Waals surface area (Å²) in [7, 11) is 0. The zero-order chi connectivity index (χ0) is 21.6. The Hall–Kier alpha value is -3.67. The van der Waals surface area contributed by atoms with E-state index in [9.17, 15) is 9.59 Å². The number of amides is 1. The summed E-state index contributed by atoms with van der Waals surface area (Å²) in [5.41, 5.74) is 2.06. The van der Waals surface area contributed by atoms with Crippen LogP contribution in [0.15, 0.2) is 73.1 Å². The van der Waals surface area contributed by atoms with Crippen molar-refractivity contribution >= 4 is 17.6 Å². The maximum Gasteiger partial charge on any atom is 0.342 e. The van der Waals surface area contributed by atoms with Crippen LogP contribution in [0.25, 0.3) is 0 Å². The summed E-state index contributed by atoms with van der Waals surface area (Å²) in [4.78, 5) is 28.6. The van der Waals surface area contributed by atoms with Crippen LogP contribution in [0.1, 0.15) is 36.7 Å². The minimum Gasteiger partial charge on any atom is -0.455 e. The van der Waals surface area contributed by atoms with Gasteiger partial charge in [0.15, 0.2) is 6.61 Å². The van der Waals surface area contributed by atoms with Crippen molar-refractivity contribution in [1.82, 2.24) is 4.98 Å². The van der Waals surface area contributed by atoms with Gasteiger partial charge in [-0.15, -0.1) is 0 Å². The van der Waals surface area contributed by atoms with E-state index in [0.717, 1.165) is 5.56 Å². The molecule has 1 heterocycles. The van der Waals surface area contributed by atoms with E-state index >= 15 is 0 Å². The highest BCUT2D eigenvalue weighted by molar-refractivity contribution is 5.96. The fourth-order valence-corrected chi connectivity index (χ4v) is 2.72. The summed E-state index contributed by atoms with van der Waals surface area (Å²) < 4.78 is 10.9. The normalized spacial score (nSPS) is 10.9. The number of nitrogens with zero attached hydrogens (tertiary/aromatic N) is 1. The average molecular weight is 404 g/mol. The van der Waals surface area contributed by atoms with Gasteiger partial charge in [-0.25, -0.2) is 4.79 Å². The Bertz CT molecular complexity index is 1010. The van der Waals surface area contributed by atoms with Gasteiger partial charge in [0.1, 0.15) is 17.1 Å². The number of pyridine rings is 1.